The predicted molar refractivity (Wildman–Crippen MR) is 80.9 cm³/mol. The number of aromatic nitrogens is 2. The molecule has 7 heteroatoms. The molecule has 22 heavy (non-hydrogen) atoms. The van der Waals surface area contributed by atoms with Crippen molar-refractivity contribution in [1.29, 1.82) is 0 Å². The monoisotopic (exact) mass is 303 g/mol. The molecule has 0 radical (unpaired) electrons. The lowest BCUT2D eigenvalue weighted by Crippen LogP contribution is -2.53. The van der Waals surface area contributed by atoms with Gasteiger partial charge in [0, 0.05) is 38.4 Å². The molecule has 2 aliphatic rings. The smallest absolute Gasteiger partial charge is 0.237 e. The topological polar surface area (TPSA) is 92.4 Å². The fraction of sp³-hybridized carbons (Fsp3) is 0.600. The number of hydrogen-bond donors (Lipinski definition) is 1. The quantitative estimate of drug-likeness (QED) is 0.859. The number of carbonyl (C=O) groups excluding carboxylic acids is 2. The van der Waals surface area contributed by atoms with E-state index in [1.165, 1.54) is 0 Å². The van der Waals surface area contributed by atoms with Crippen molar-refractivity contribution in [1.82, 2.24) is 14.9 Å². The first-order valence-electron chi connectivity index (χ1n) is 7.66. The van der Waals surface area contributed by atoms with E-state index in [-0.39, 0.29) is 17.9 Å². The summed E-state index contributed by atoms with van der Waals surface area (Å²) in [7, 11) is 0. The number of rotatable bonds is 3. The van der Waals surface area contributed by atoms with Gasteiger partial charge in [-0.2, -0.15) is 0 Å². The lowest BCUT2D eigenvalue weighted by Gasteiger charge is -2.47. The molecule has 0 bridgehead atoms. The van der Waals surface area contributed by atoms with Crippen LogP contribution in [-0.2, 0) is 9.59 Å². The molecule has 2 amide bonds. The fourth-order valence-corrected chi connectivity index (χ4v) is 3.48. The van der Waals surface area contributed by atoms with Crippen LogP contribution in [0.4, 0.5) is 5.95 Å². The van der Waals surface area contributed by atoms with Crippen LogP contribution in [0.25, 0.3) is 0 Å². The number of hydrogen-bond acceptors (Lipinski definition) is 5. The van der Waals surface area contributed by atoms with Gasteiger partial charge >= 0.3 is 0 Å². The molecular formula is C15H21N5O2. The molecule has 2 fully saturated rings. The molecule has 0 atom stereocenters. The molecule has 2 saturated heterocycles. The van der Waals surface area contributed by atoms with Gasteiger partial charge in [0.05, 0.1) is 6.54 Å². The second kappa shape index (κ2) is 5.90. The van der Waals surface area contributed by atoms with Crippen LogP contribution in [0.5, 0.6) is 0 Å². The number of piperidine rings is 2. The zero-order valence-corrected chi connectivity index (χ0v) is 12.6. The first-order chi connectivity index (χ1) is 10.6. The van der Waals surface area contributed by atoms with Crippen LogP contribution in [0.2, 0.25) is 0 Å². The Balaban J connectivity index is 1.64. The summed E-state index contributed by atoms with van der Waals surface area (Å²) in [6, 6.07) is 1.81. The summed E-state index contributed by atoms with van der Waals surface area (Å²) in [6.07, 6.45) is 6.86. The molecule has 1 aromatic rings. The van der Waals surface area contributed by atoms with Gasteiger partial charge in [0.2, 0.25) is 17.8 Å². The van der Waals surface area contributed by atoms with Crippen molar-refractivity contribution in [3.8, 4) is 0 Å². The molecule has 118 valence electrons. The minimum absolute atomic E-state index is 0.0338. The maximum atomic E-state index is 11.9. The van der Waals surface area contributed by atoms with Gasteiger partial charge in [-0.3, -0.25) is 9.59 Å². The van der Waals surface area contributed by atoms with Crippen LogP contribution < -0.4 is 10.6 Å². The summed E-state index contributed by atoms with van der Waals surface area (Å²) in [5.74, 6) is 0.358. The highest BCUT2D eigenvalue weighted by Gasteiger charge is 2.41. The van der Waals surface area contributed by atoms with Crippen molar-refractivity contribution in [2.24, 2.45) is 11.1 Å². The number of nitrogens with two attached hydrogens (primary N) is 1. The number of anilines is 1. The van der Waals surface area contributed by atoms with E-state index in [0.717, 1.165) is 38.3 Å². The van der Waals surface area contributed by atoms with E-state index >= 15 is 0 Å². The van der Waals surface area contributed by atoms with Crippen molar-refractivity contribution in [2.45, 2.75) is 25.7 Å². The summed E-state index contributed by atoms with van der Waals surface area (Å²) in [5, 5.41) is 0. The van der Waals surface area contributed by atoms with Crippen molar-refractivity contribution >= 4 is 17.8 Å². The molecule has 2 aliphatic heterocycles. The van der Waals surface area contributed by atoms with Crippen LogP contribution in [0, 0.1) is 5.41 Å². The second-order valence-corrected chi connectivity index (χ2v) is 6.25. The first-order valence-corrected chi connectivity index (χ1v) is 7.66. The molecule has 0 unspecified atom stereocenters. The van der Waals surface area contributed by atoms with E-state index in [1.807, 2.05) is 6.07 Å². The number of carbonyl (C=O) groups is 2. The van der Waals surface area contributed by atoms with Crippen LogP contribution in [0.1, 0.15) is 25.7 Å². The third kappa shape index (κ3) is 3.03. The van der Waals surface area contributed by atoms with Crippen molar-refractivity contribution in [3.63, 3.8) is 0 Å². The minimum atomic E-state index is -0.444. The molecule has 0 aliphatic carbocycles. The SMILES string of the molecule is NC(=O)CN1CC2(CCC1=O)CCN(c1ncccn1)CC2. The lowest BCUT2D eigenvalue weighted by molar-refractivity contribution is -0.141. The van der Waals surface area contributed by atoms with Crippen molar-refractivity contribution < 1.29 is 9.59 Å². The lowest BCUT2D eigenvalue weighted by atomic mass is 9.72. The van der Waals surface area contributed by atoms with Crippen LogP contribution >= 0.6 is 0 Å². The van der Waals surface area contributed by atoms with E-state index in [0.29, 0.717) is 13.0 Å². The van der Waals surface area contributed by atoms with Gasteiger partial charge in [-0.1, -0.05) is 0 Å². The Bertz CT molecular complexity index is 554. The maximum absolute atomic E-state index is 11.9. The Morgan fingerprint density at radius 1 is 1.23 bits per heavy atom. The van der Waals surface area contributed by atoms with Gasteiger partial charge in [0.15, 0.2) is 0 Å². The van der Waals surface area contributed by atoms with E-state index < -0.39 is 5.91 Å². The highest BCUT2D eigenvalue weighted by atomic mass is 16.2. The Hall–Kier alpha value is -2.18. The molecule has 0 saturated carbocycles. The second-order valence-electron chi connectivity index (χ2n) is 6.25. The maximum Gasteiger partial charge on any atom is 0.237 e. The number of likely N-dealkylation sites (tertiary alicyclic amines) is 1. The van der Waals surface area contributed by atoms with Gasteiger partial charge in [0.25, 0.3) is 0 Å². The highest BCUT2D eigenvalue weighted by molar-refractivity contribution is 5.84. The van der Waals surface area contributed by atoms with E-state index in [2.05, 4.69) is 14.9 Å². The van der Waals surface area contributed by atoms with Crippen LogP contribution in [-0.4, -0.2) is 52.9 Å². The summed E-state index contributed by atoms with van der Waals surface area (Å²) >= 11 is 0. The normalized spacial score (nSPS) is 21.2. The summed E-state index contributed by atoms with van der Waals surface area (Å²) in [5.41, 5.74) is 5.35. The molecule has 1 aromatic heterocycles. The first kappa shape index (κ1) is 14.7. The van der Waals surface area contributed by atoms with Gasteiger partial charge in [-0.25, -0.2) is 9.97 Å². The molecular weight excluding hydrogens is 282 g/mol. The summed E-state index contributed by atoms with van der Waals surface area (Å²) in [6.45, 7) is 2.43. The molecule has 1 spiro atoms. The largest absolute Gasteiger partial charge is 0.368 e. The number of primary amides is 1. The standard InChI is InChI=1S/C15H21N5O2/c16-12(21)10-20-11-15(3-2-13(20)22)4-8-19(9-5-15)14-17-6-1-7-18-14/h1,6-7H,2-5,8-11H2,(H2,16,21). The van der Waals surface area contributed by atoms with Gasteiger partial charge in [0.1, 0.15) is 0 Å². The summed E-state index contributed by atoms with van der Waals surface area (Å²) in [4.78, 5) is 35.4. The van der Waals surface area contributed by atoms with E-state index in [4.69, 9.17) is 5.73 Å². The van der Waals surface area contributed by atoms with Crippen LogP contribution in [0.3, 0.4) is 0 Å². The zero-order chi connectivity index (χ0) is 15.6. The minimum Gasteiger partial charge on any atom is -0.368 e. The summed E-state index contributed by atoms with van der Waals surface area (Å²) < 4.78 is 0. The Morgan fingerprint density at radius 2 is 1.91 bits per heavy atom. The number of amides is 2. The molecule has 0 aromatic carbocycles. The van der Waals surface area contributed by atoms with Gasteiger partial charge < -0.3 is 15.5 Å². The molecule has 3 heterocycles. The molecule has 2 N–H and O–H groups in total. The Morgan fingerprint density at radius 3 is 2.55 bits per heavy atom. The average molecular weight is 303 g/mol. The highest BCUT2D eigenvalue weighted by Crippen LogP contribution is 2.40. The third-order valence-electron chi connectivity index (χ3n) is 4.75. The Labute approximate surface area is 129 Å². The van der Waals surface area contributed by atoms with Crippen molar-refractivity contribution in [2.75, 3.05) is 31.1 Å². The van der Waals surface area contributed by atoms with Crippen molar-refractivity contribution in [3.05, 3.63) is 18.5 Å². The van der Waals surface area contributed by atoms with E-state index in [1.54, 1.807) is 17.3 Å². The number of nitrogens with zero attached hydrogens (tertiary/aromatic N) is 4. The fourth-order valence-electron chi connectivity index (χ4n) is 3.48. The molecule has 3 rings (SSSR count). The molecule has 7 nitrogen and oxygen atoms in total. The van der Waals surface area contributed by atoms with E-state index in [9.17, 15) is 9.59 Å². The third-order valence-corrected chi connectivity index (χ3v) is 4.75. The Kier molecular flexibility index (Phi) is 3.96. The zero-order valence-electron chi connectivity index (χ0n) is 12.6. The predicted octanol–water partition coefficient (Wildman–Crippen LogP) is 0.171. The van der Waals surface area contributed by atoms with Gasteiger partial charge in [-0.05, 0) is 30.7 Å². The van der Waals surface area contributed by atoms with Gasteiger partial charge in [-0.15, -0.1) is 0 Å². The van der Waals surface area contributed by atoms with Crippen LogP contribution in [0.15, 0.2) is 18.5 Å². The average Bonchev–Trinajstić information content (AvgIpc) is 2.52.